The normalized spacial score (nSPS) is 15.1. The van der Waals surface area contributed by atoms with Crippen molar-refractivity contribution in [2.24, 2.45) is 5.92 Å². The number of carbonyl (C=O) groups is 1. The van der Waals surface area contributed by atoms with Crippen molar-refractivity contribution in [1.29, 1.82) is 0 Å². The third-order valence-electron chi connectivity index (χ3n) is 4.74. The summed E-state index contributed by atoms with van der Waals surface area (Å²) < 4.78 is 6.19. The highest BCUT2D eigenvalue weighted by Gasteiger charge is 2.34. The lowest BCUT2D eigenvalue weighted by Gasteiger charge is -2.19. The van der Waals surface area contributed by atoms with Crippen LogP contribution < -0.4 is 10.1 Å². The number of hydrogen-bond acceptors (Lipinski definition) is 2. The molecular weight excluding hydrogens is 380 g/mol. The second kappa shape index (κ2) is 6.56. The maximum Gasteiger partial charge on any atom is 0.253 e. The van der Waals surface area contributed by atoms with Crippen LogP contribution in [0.2, 0.25) is 0 Å². The second-order valence-electron chi connectivity index (χ2n) is 6.45. The molecule has 3 aromatic rings. The van der Waals surface area contributed by atoms with Crippen LogP contribution in [-0.4, -0.2) is 18.0 Å². The number of hydrogen-bond donors (Lipinski definition) is 2. The van der Waals surface area contributed by atoms with Gasteiger partial charge in [0.25, 0.3) is 5.91 Å². The molecule has 1 amide bonds. The Morgan fingerprint density at radius 1 is 1.24 bits per heavy atom. The summed E-state index contributed by atoms with van der Waals surface area (Å²) >= 11 is 3.48. The van der Waals surface area contributed by atoms with Gasteiger partial charge in [0.15, 0.2) is 0 Å². The molecule has 1 unspecified atom stereocenters. The summed E-state index contributed by atoms with van der Waals surface area (Å²) in [6.45, 7) is 0. The van der Waals surface area contributed by atoms with Crippen LogP contribution in [0.15, 0.2) is 53.1 Å². The van der Waals surface area contributed by atoms with Crippen molar-refractivity contribution in [3.63, 3.8) is 0 Å². The summed E-state index contributed by atoms with van der Waals surface area (Å²) in [5, 5.41) is 4.16. The topological polar surface area (TPSA) is 54.1 Å². The van der Waals surface area contributed by atoms with Crippen LogP contribution in [-0.2, 0) is 0 Å². The monoisotopic (exact) mass is 398 g/mol. The first-order valence-corrected chi connectivity index (χ1v) is 9.16. The molecule has 0 spiro atoms. The number of halogens is 1. The summed E-state index contributed by atoms with van der Waals surface area (Å²) in [4.78, 5) is 16.1. The third kappa shape index (κ3) is 3.29. The van der Waals surface area contributed by atoms with Crippen molar-refractivity contribution in [2.75, 3.05) is 7.11 Å². The first kappa shape index (κ1) is 16.2. The second-order valence-corrected chi connectivity index (χ2v) is 7.37. The molecule has 25 heavy (non-hydrogen) atoms. The molecular formula is C20H19BrN2O2. The number of carbonyl (C=O) groups excluding carboxylic acids is 1. The van der Waals surface area contributed by atoms with E-state index < -0.39 is 0 Å². The Hall–Kier alpha value is -2.27. The van der Waals surface area contributed by atoms with E-state index in [1.165, 1.54) is 0 Å². The predicted octanol–water partition coefficient (Wildman–Crippen LogP) is 4.82. The summed E-state index contributed by atoms with van der Waals surface area (Å²) in [6, 6.07) is 13.9. The third-order valence-corrected chi connectivity index (χ3v) is 5.24. The first-order valence-electron chi connectivity index (χ1n) is 8.37. The molecule has 1 aromatic heterocycles. The molecule has 1 saturated carbocycles. The number of benzene rings is 2. The average Bonchev–Trinajstić information content (AvgIpc) is 3.39. The Kier molecular flexibility index (Phi) is 4.25. The van der Waals surface area contributed by atoms with E-state index in [4.69, 9.17) is 4.74 Å². The van der Waals surface area contributed by atoms with E-state index in [1.54, 1.807) is 13.3 Å². The van der Waals surface area contributed by atoms with Crippen molar-refractivity contribution in [3.8, 4) is 5.75 Å². The lowest BCUT2D eigenvalue weighted by Crippen LogP contribution is -2.29. The molecule has 1 atom stereocenters. The number of amides is 1. The molecule has 4 nitrogen and oxygen atoms in total. The van der Waals surface area contributed by atoms with Gasteiger partial charge in [0.05, 0.1) is 18.7 Å². The van der Waals surface area contributed by atoms with Gasteiger partial charge in [0.1, 0.15) is 5.75 Å². The van der Waals surface area contributed by atoms with E-state index in [0.29, 0.717) is 11.5 Å². The number of ether oxygens (including phenoxy) is 1. The minimum Gasteiger partial charge on any atom is -0.497 e. The Morgan fingerprint density at radius 2 is 2.00 bits per heavy atom. The van der Waals surface area contributed by atoms with Gasteiger partial charge in [-0.2, -0.15) is 0 Å². The van der Waals surface area contributed by atoms with Crippen LogP contribution in [0.5, 0.6) is 5.75 Å². The molecule has 0 aliphatic heterocycles. The molecule has 2 aromatic carbocycles. The van der Waals surface area contributed by atoms with Crippen LogP contribution in [0.3, 0.4) is 0 Å². The SMILES string of the molecule is COc1ccc(C(NC(=O)c2c[nH]c3ccc(Br)cc23)C2CC2)cc1. The van der Waals surface area contributed by atoms with Gasteiger partial charge < -0.3 is 15.0 Å². The van der Waals surface area contributed by atoms with E-state index in [9.17, 15) is 4.79 Å². The van der Waals surface area contributed by atoms with Crippen LogP contribution in [0.1, 0.15) is 34.8 Å². The quantitative estimate of drug-likeness (QED) is 0.646. The van der Waals surface area contributed by atoms with Crippen molar-refractivity contribution in [2.45, 2.75) is 18.9 Å². The fourth-order valence-corrected chi connectivity index (χ4v) is 3.57. The van der Waals surface area contributed by atoms with Crippen LogP contribution in [0.25, 0.3) is 10.9 Å². The zero-order valence-corrected chi connectivity index (χ0v) is 15.5. The molecule has 2 N–H and O–H groups in total. The molecule has 1 aliphatic carbocycles. The van der Waals surface area contributed by atoms with Crippen LogP contribution in [0.4, 0.5) is 0 Å². The molecule has 4 rings (SSSR count). The van der Waals surface area contributed by atoms with Crippen molar-refractivity contribution in [3.05, 3.63) is 64.3 Å². The van der Waals surface area contributed by atoms with Gasteiger partial charge in [-0.05, 0) is 54.7 Å². The minimum atomic E-state index is -0.0444. The number of fused-ring (bicyclic) bond motifs is 1. The number of nitrogens with one attached hydrogen (secondary N) is 2. The van der Waals surface area contributed by atoms with Crippen molar-refractivity contribution in [1.82, 2.24) is 10.3 Å². The van der Waals surface area contributed by atoms with E-state index in [1.807, 2.05) is 42.5 Å². The molecule has 5 heteroatoms. The van der Waals surface area contributed by atoms with E-state index in [2.05, 4.69) is 26.2 Å². The highest BCUT2D eigenvalue weighted by molar-refractivity contribution is 9.10. The van der Waals surface area contributed by atoms with Gasteiger partial charge in [-0.1, -0.05) is 28.1 Å². The first-order chi connectivity index (χ1) is 12.2. The predicted molar refractivity (Wildman–Crippen MR) is 102 cm³/mol. The fraction of sp³-hybridized carbons (Fsp3) is 0.250. The molecule has 0 bridgehead atoms. The van der Waals surface area contributed by atoms with E-state index >= 15 is 0 Å². The maximum atomic E-state index is 12.9. The zero-order chi connectivity index (χ0) is 17.4. The van der Waals surface area contributed by atoms with Gasteiger partial charge in [-0.3, -0.25) is 4.79 Å². The van der Waals surface area contributed by atoms with Gasteiger partial charge >= 0.3 is 0 Å². The summed E-state index contributed by atoms with van der Waals surface area (Å²) in [6.07, 6.45) is 4.08. The number of H-pyrrole nitrogens is 1. The van der Waals surface area contributed by atoms with Gasteiger partial charge in [0, 0.05) is 21.6 Å². The van der Waals surface area contributed by atoms with Gasteiger partial charge in [-0.15, -0.1) is 0 Å². The summed E-state index contributed by atoms with van der Waals surface area (Å²) in [5.41, 5.74) is 2.76. The Balaban J connectivity index is 1.61. The van der Waals surface area contributed by atoms with Crippen LogP contribution in [0, 0.1) is 5.92 Å². The highest BCUT2D eigenvalue weighted by atomic mass is 79.9. The molecule has 1 aliphatic rings. The van der Waals surface area contributed by atoms with Gasteiger partial charge in [-0.25, -0.2) is 0 Å². The number of aromatic amines is 1. The smallest absolute Gasteiger partial charge is 0.253 e. The van der Waals surface area contributed by atoms with E-state index in [0.717, 1.165) is 39.5 Å². The van der Waals surface area contributed by atoms with Crippen LogP contribution >= 0.6 is 15.9 Å². The molecule has 0 saturated heterocycles. The number of aromatic nitrogens is 1. The highest BCUT2D eigenvalue weighted by Crippen LogP contribution is 2.41. The molecule has 1 heterocycles. The maximum absolute atomic E-state index is 12.9. The standard InChI is InChI=1S/C20H19BrN2O2/c1-25-15-7-4-13(5-8-15)19(12-2-3-12)23-20(24)17-11-22-18-9-6-14(21)10-16(17)18/h4-12,19,22H,2-3H2,1H3,(H,23,24). The van der Waals surface area contributed by atoms with E-state index in [-0.39, 0.29) is 11.9 Å². The summed E-state index contributed by atoms with van der Waals surface area (Å²) in [5.74, 6) is 1.29. The lowest BCUT2D eigenvalue weighted by atomic mass is 10.0. The fourth-order valence-electron chi connectivity index (χ4n) is 3.21. The molecule has 1 fully saturated rings. The largest absolute Gasteiger partial charge is 0.497 e. The molecule has 128 valence electrons. The average molecular weight is 399 g/mol. The zero-order valence-electron chi connectivity index (χ0n) is 13.9. The Bertz CT molecular complexity index is 913. The minimum absolute atomic E-state index is 0.0375. The Labute approximate surface area is 154 Å². The van der Waals surface area contributed by atoms with Gasteiger partial charge in [0.2, 0.25) is 0 Å². The van der Waals surface area contributed by atoms with Crippen molar-refractivity contribution >= 4 is 32.7 Å². The summed E-state index contributed by atoms with van der Waals surface area (Å²) in [7, 11) is 1.66. The number of rotatable bonds is 5. The lowest BCUT2D eigenvalue weighted by molar-refractivity contribution is 0.0933. The molecule has 0 radical (unpaired) electrons. The number of methoxy groups -OCH3 is 1. The Morgan fingerprint density at radius 3 is 2.68 bits per heavy atom. The van der Waals surface area contributed by atoms with Crippen molar-refractivity contribution < 1.29 is 9.53 Å².